The number of carbonyl (C=O) groups is 1. The highest BCUT2D eigenvalue weighted by molar-refractivity contribution is 7.90. The summed E-state index contributed by atoms with van der Waals surface area (Å²) >= 11 is 0. The molecule has 0 spiro atoms. The zero-order valence-electron chi connectivity index (χ0n) is 7.55. The number of nitrogens with one attached hydrogen (secondary N) is 1. The first-order valence-electron chi connectivity index (χ1n) is 3.64. The van der Waals surface area contributed by atoms with E-state index in [4.69, 9.17) is 0 Å². The van der Waals surface area contributed by atoms with Gasteiger partial charge in [0.15, 0.2) is 5.75 Å². The van der Waals surface area contributed by atoms with Gasteiger partial charge in [-0.1, -0.05) is 13.8 Å². The van der Waals surface area contributed by atoms with Gasteiger partial charge in [0.1, 0.15) is 0 Å². The summed E-state index contributed by atoms with van der Waals surface area (Å²) in [5.74, 6) is -3.68. The van der Waals surface area contributed by atoms with Crippen molar-refractivity contribution in [2.75, 3.05) is 5.75 Å². The van der Waals surface area contributed by atoms with Crippen LogP contribution in [0.15, 0.2) is 0 Å². The van der Waals surface area contributed by atoms with Crippen LogP contribution in [-0.2, 0) is 14.8 Å². The van der Waals surface area contributed by atoms with Gasteiger partial charge in [0.2, 0.25) is 15.9 Å². The van der Waals surface area contributed by atoms with Gasteiger partial charge in [0.25, 0.3) is 0 Å². The molecular formula is C6H10F3NO3S. The number of hydrogen-bond donors (Lipinski definition) is 1. The van der Waals surface area contributed by atoms with Gasteiger partial charge in [-0.2, -0.15) is 13.2 Å². The van der Waals surface area contributed by atoms with Gasteiger partial charge in [0, 0.05) is 5.92 Å². The fourth-order valence-electron chi connectivity index (χ4n) is 0.523. The van der Waals surface area contributed by atoms with E-state index in [1.165, 1.54) is 18.6 Å². The van der Waals surface area contributed by atoms with Crippen molar-refractivity contribution in [1.82, 2.24) is 4.72 Å². The number of halogens is 3. The monoisotopic (exact) mass is 233 g/mol. The van der Waals surface area contributed by atoms with Crippen LogP contribution in [0.25, 0.3) is 0 Å². The molecule has 0 aliphatic heterocycles. The molecule has 0 aromatic carbocycles. The number of amides is 1. The largest absolute Gasteiger partial charge is 0.404 e. The summed E-state index contributed by atoms with van der Waals surface area (Å²) in [7, 11) is -4.61. The van der Waals surface area contributed by atoms with Crippen LogP contribution in [0.1, 0.15) is 13.8 Å². The Morgan fingerprint density at radius 3 is 2.07 bits per heavy atom. The van der Waals surface area contributed by atoms with Crippen LogP contribution in [0.5, 0.6) is 0 Å². The molecule has 0 aliphatic rings. The second-order valence-corrected chi connectivity index (χ2v) is 4.72. The lowest BCUT2D eigenvalue weighted by molar-refractivity contribution is -0.122. The van der Waals surface area contributed by atoms with Crippen LogP contribution in [0.4, 0.5) is 13.2 Å². The van der Waals surface area contributed by atoms with Gasteiger partial charge in [0.05, 0.1) is 0 Å². The number of sulfonamides is 1. The average molecular weight is 233 g/mol. The molecule has 0 saturated carbocycles. The summed E-state index contributed by atoms with van der Waals surface area (Å²) in [6.07, 6.45) is -4.84. The molecule has 4 nitrogen and oxygen atoms in total. The van der Waals surface area contributed by atoms with Crippen molar-refractivity contribution in [3.05, 3.63) is 0 Å². The Morgan fingerprint density at radius 2 is 1.79 bits per heavy atom. The minimum atomic E-state index is -4.84. The molecule has 0 saturated heterocycles. The van der Waals surface area contributed by atoms with Crippen molar-refractivity contribution in [2.24, 2.45) is 5.92 Å². The Hall–Kier alpha value is -0.790. The minimum Gasteiger partial charge on any atom is -0.274 e. The van der Waals surface area contributed by atoms with Crippen LogP contribution in [0.3, 0.4) is 0 Å². The molecule has 1 amide bonds. The average Bonchev–Trinajstić information content (AvgIpc) is 1.78. The van der Waals surface area contributed by atoms with E-state index < -0.39 is 33.8 Å². The lowest BCUT2D eigenvalue weighted by Crippen LogP contribution is -2.39. The van der Waals surface area contributed by atoms with Gasteiger partial charge in [-0.3, -0.25) is 9.52 Å². The summed E-state index contributed by atoms with van der Waals surface area (Å²) in [6, 6.07) is 0. The highest BCUT2D eigenvalue weighted by Gasteiger charge is 2.36. The van der Waals surface area contributed by atoms with Crippen molar-refractivity contribution in [1.29, 1.82) is 0 Å². The van der Waals surface area contributed by atoms with E-state index in [1.54, 1.807) is 0 Å². The van der Waals surface area contributed by atoms with E-state index >= 15 is 0 Å². The van der Waals surface area contributed by atoms with E-state index in [9.17, 15) is 26.4 Å². The highest BCUT2D eigenvalue weighted by atomic mass is 32.2. The third-order valence-electron chi connectivity index (χ3n) is 1.13. The molecule has 1 N–H and O–H groups in total. The number of carbonyl (C=O) groups excluding carboxylic acids is 1. The van der Waals surface area contributed by atoms with Crippen LogP contribution in [0.2, 0.25) is 0 Å². The summed E-state index contributed by atoms with van der Waals surface area (Å²) < 4.78 is 57.8. The third-order valence-corrected chi connectivity index (χ3v) is 2.35. The Kier molecular flexibility index (Phi) is 3.92. The predicted molar refractivity (Wildman–Crippen MR) is 42.8 cm³/mol. The Bertz CT molecular complexity index is 307. The molecule has 0 aliphatic carbocycles. The van der Waals surface area contributed by atoms with Gasteiger partial charge < -0.3 is 0 Å². The zero-order valence-corrected chi connectivity index (χ0v) is 8.37. The van der Waals surface area contributed by atoms with E-state index in [1.807, 2.05) is 0 Å². The summed E-state index contributed by atoms with van der Waals surface area (Å²) in [6.45, 7) is 2.75. The van der Waals surface area contributed by atoms with Gasteiger partial charge in [-0.05, 0) is 0 Å². The second-order valence-electron chi connectivity index (χ2n) is 3.00. The van der Waals surface area contributed by atoms with E-state index in [2.05, 4.69) is 0 Å². The molecule has 0 heterocycles. The third kappa shape index (κ3) is 5.79. The normalized spacial score (nSPS) is 13.0. The van der Waals surface area contributed by atoms with Crippen LogP contribution in [-0.4, -0.2) is 26.3 Å². The molecule has 0 fully saturated rings. The molecule has 84 valence electrons. The smallest absolute Gasteiger partial charge is 0.274 e. The van der Waals surface area contributed by atoms with E-state index in [-0.39, 0.29) is 0 Å². The summed E-state index contributed by atoms with van der Waals surface area (Å²) in [5, 5.41) is 0. The Morgan fingerprint density at radius 1 is 1.36 bits per heavy atom. The second kappa shape index (κ2) is 4.16. The first-order chi connectivity index (χ1) is 6.03. The number of alkyl halides is 3. The molecule has 0 unspecified atom stereocenters. The van der Waals surface area contributed by atoms with Crippen molar-refractivity contribution >= 4 is 15.9 Å². The Balaban J connectivity index is 4.45. The maximum absolute atomic E-state index is 11.7. The Labute approximate surface area is 79.5 Å². The molecule has 14 heavy (non-hydrogen) atoms. The predicted octanol–water partition coefficient (Wildman–Crippen LogP) is 0.651. The standard InChI is InChI=1S/C6H10F3NO3S/c1-4(2)5(11)10-14(12,13)3-6(7,8)9/h4H,3H2,1-2H3,(H,10,11). The summed E-state index contributed by atoms with van der Waals surface area (Å²) in [4.78, 5) is 10.8. The van der Waals surface area contributed by atoms with Crippen molar-refractivity contribution in [3.63, 3.8) is 0 Å². The lowest BCUT2D eigenvalue weighted by Gasteiger charge is -2.10. The first kappa shape index (κ1) is 13.2. The quantitative estimate of drug-likeness (QED) is 0.778. The molecule has 8 heteroatoms. The first-order valence-corrected chi connectivity index (χ1v) is 5.30. The molecule has 0 rings (SSSR count). The molecule has 0 aromatic rings. The van der Waals surface area contributed by atoms with Crippen LogP contribution >= 0.6 is 0 Å². The number of rotatable bonds is 3. The van der Waals surface area contributed by atoms with E-state index in [0.29, 0.717) is 0 Å². The molecule has 0 atom stereocenters. The van der Waals surface area contributed by atoms with Crippen molar-refractivity contribution in [2.45, 2.75) is 20.0 Å². The maximum Gasteiger partial charge on any atom is 0.404 e. The van der Waals surface area contributed by atoms with Crippen LogP contribution in [0, 0.1) is 5.92 Å². The molecule has 0 radical (unpaired) electrons. The molecule has 0 bridgehead atoms. The van der Waals surface area contributed by atoms with Crippen molar-refractivity contribution < 1.29 is 26.4 Å². The molecule has 0 aromatic heterocycles. The van der Waals surface area contributed by atoms with Gasteiger partial charge in [-0.15, -0.1) is 0 Å². The van der Waals surface area contributed by atoms with Gasteiger partial charge >= 0.3 is 6.18 Å². The van der Waals surface area contributed by atoms with E-state index in [0.717, 1.165) is 0 Å². The van der Waals surface area contributed by atoms with Crippen LogP contribution < -0.4 is 4.72 Å². The SMILES string of the molecule is CC(C)C(=O)NS(=O)(=O)CC(F)(F)F. The molecular weight excluding hydrogens is 223 g/mol. The fourth-order valence-corrected chi connectivity index (χ4v) is 1.57. The summed E-state index contributed by atoms with van der Waals surface area (Å²) in [5.41, 5.74) is 0. The maximum atomic E-state index is 11.7. The fraction of sp³-hybridized carbons (Fsp3) is 0.833. The highest BCUT2D eigenvalue weighted by Crippen LogP contribution is 2.16. The lowest BCUT2D eigenvalue weighted by atomic mass is 10.2. The van der Waals surface area contributed by atoms with Gasteiger partial charge in [-0.25, -0.2) is 8.42 Å². The van der Waals surface area contributed by atoms with Crippen molar-refractivity contribution in [3.8, 4) is 0 Å². The minimum absolute atomic E-state index is 0.682. The number of hydrogen-bond acceptors (Lipinski definition) is 3. The topological polar surface area (TPSA) is 63.2 Å². The zero-order chi connectivity index (χ0) is 11.6.